The summed E-state index contributed by atoms with van der Waals surface area (Å²) in [4.78, 5) is 4.98. The van der Waals surface area contributed by atoms with Gasteiger partial charge >= 0.3 is 0 Å². The smallest absolute Gasteiger partial charge is 0.0805 e. The van der Waals surface area contributed by atoms with Gasteiger partial charge in [-0.25, -0.2) is 0 Å². The highest BCUT2D eigenvalue weighted by Gasteiger charge is 2.13. The molecule has 0 saturated carbocycles. The predicted octanol–water partition coefficient (Wildman–Crippen LogP) is 6.40. The molecule has 0 amide bonds. The molecule has 130 valence electrons. The van der Waals surface area contributed by atoms with Gasteiger partial charge in [-0.3, -0.25) is 10.4 Å². The zero-order valence-corrected chi connectivity index (χ0v) is 15.2. The molecule has 2 nitrogen and oxygen atoms in total. The summed E-state index contributed by atoms with van der Waals surface area (Å²) in [6, 6.07) is 32.3. The molecule has 4 aromatic rings. The highest BCUT2D eigenvalue weighted by molar-refractivity contribution is 6.18. The van der Waals surface area contributed by atoms with Gasteiger partial charge in [0, 0.05) is 22.2 Å². The van der Waals surface area contributed by atoms with Gasteiger partial charge in [0.2, 0.25) is 0 Å². The van der Waals surface area contributed by atoms with E-state index < -0.39 is 0 Å². The molecule has 0 aromatic heterocycles. The standard InChI is InChI=1S/C25H20N2/c1-18(19-10-4-2-5-11-19)27-25-22-15-9-8-12-20(22)16-17-23(25)24(26)21-13-6-3-7-14-21/h2-17,26H,1H3. The van der Waals surface area contributed by atoms with Crippen LogP contribution in [0.3, 0.4) is 0 Å². The van der Waals surface area contributed by atoms with Crippen molar-refractivity contribution in [3.05, 3.63) is 114 Å². The molecule has 0 fully saturated rings. The Morgan fingerprint density at radius 1 is 0.667 bits per heavy atom. The van der Waals surface area contributed by atoms with Crippen LogP contribution in [0, 0.1) is 5.41 Å². The minimum absolute atomic E-state index is 0.487. The third-order valence-corrected chi connectivity index (χ3v) is 4.70. The maximum Gasteiger partial charge on any atom is 0.0805 e. The summed E-state index contributed by atoms with van der Waals surface area (Å²) in [5.74, 6) is 0. The van der Waals surface area contributed by atoms with E-state index in [-0.39, 0.29) is 0 Å². The Hall–Kier alpha value is -3.52. The summed E-state index contributed by atoms with van der Waals surface area (Å²) in [6.07, 6.45) is 0. The highest BCUT2D eigenvalue weighted by atomic mass is 14.8. The van der Waals surface area contributed by atoms with E-state index >= 15 is 0 Å². The second-order valence-electron chi connectivity index (χ2n) is 6.49. The van der Waals surface area contributed by atoms with E-state index in [2.05, 4.69) is 30.3 Å². The Morgan fingerprint density at radius 2 is 1.26 bits per heavy atom. The van der Waals surface area contributed by atoms with E-state index in [0.29, 0.717) is 5.71 Å². The van der Waals surface area contributed by atoms with E-state index in [1.807, 2.05) is 73.7 Å². The lowest BCUT2D eigenvalue weighted by molar-refractivity contribution is 1.43. The van der Waals surface area contributed by atoms with Crippen LogP contribution < -0.4 is 0 Å². The zero-order chi connectivity index (χ0) is 18.6. The van der Waals surface area contributed by atoms with E-state index in [9.17, 15) is 0 Å². The van der Waals surface area contributed by atoms with Crippen molar-refractivity contribution in [1.82, 2.24) is 0 Å². The van der Waals surface area contributed by atoms with Gasteiger partial charge in [0.15, 0.2) is 0 Å². The predicted molar refractivity (Wildman–Crippen MR) is 115 cm³/mol. The Balaban J connectivity index is 1.93. The summed E-state index contributed by atoms with van der Waals surface area (Å²) in [5.41, 5.74) is 5.10. The fraction of sp³-hybridized carbons (Fsp3) is 0.0400. The first-order chi connectivity index (χ1) is 13.2. The number of rotatable bonds is 4. The van der Waals surface area contributed by atoms with Gasteiger partial charge < -0.3 is 0 Å². The van der Waals surface area contributed by atoms with Crippen LogP contribution >= 0.6 is 0 Å². The van der Waals surface area contributed by atoms with E-state index in [4.69, 9.17) is 10.4 Å². The second kappa shape index (κ2) is 7.38. The summed E-state index contributed by atoms with van der Waals surface area (Å²) < 4.78 is 0. The van der Waals surface area contributed by atoms with E-state index in [1.54, 1.807) is 0 Å². The number of fused-ring (bicyclic) bond motifs is 1. The van der Waals surface area contributed by atoms with Gasteiger partial charge in [0.1, 0.15) is 0 Å². The van der Waals surface area contributed by atoms with Crippen molar-refractivity contribution < 1.29 is 0 Å². The Bertz CT molecular complexity index is 1130. The van der Waals surface area contributed by atoms with Crippen LogP contribution in [0.1, 0.15) is 23.6 Å². The maximum atomic E-state index is 8.77. The average Bonchev–Trinajstić information content (AvgIpc) is 2.74. The first kappa shape index (κ1) is 16.9. The van der Waals surface area contributed by atoms with Gasteiger partial charge in [-0.1, -0.05) is 91.0 Å². The Morgan fingerprint density at radius 3 is 1.96 bits per heavy atom. The van der Waals surface area contributed by atoms with Crippen molar-refractivity contribution in [3.63, 3.8) is 0 Å². The fourth-order valence-corrected chi connectivity index (χ4v) is 3.25. The van der Waals surface area contributed by atoms with Gasteiger partial charge in [-0.05, 0) is 23.9 Å². The molecule has 0 spiro atoms. The number of aliphatic imine (C=N–C) groups is 1. The maximum absolute atomic E-state index is 8.77. The first-order valence-electron chi connectivity index (χ1n) is 9.01. The Kier molecular flexibility index (Phi) is 4.63. The molecule has 0 bridgehead atoms. The van der Waals surface area contributed by atoms with Crippen molar-refractivity contribution in [1.29, 1.82) is 5.41 Å². The Labute approximate surface area is 159 Å². The van der Waals surface area contributed by atoms with Crippen molar-refractivity contribution in [2.75, 3.05) is 0 Å². The van der Waals surface area contributed by atoms with Crippen LogP contribution in [-0.2, 0) is 0 Å². The normalized spacial score (nSPS) is 11.5. The summed E-state index contributed by atoms with van der Waals surface area (Å²) in [7, 11) is 0. The largest absolute Gasteiger partial charge is 0.300 e. The van der Waals surface area contributed by atoms with Crippen molar-refractivity contribution in [3.8, 4) is 0 Å². The van der Waals surface area contributed by atoms with Crippen LogP contribution in [0.15, 0.2) is 102 Å². The van der Waals surface area contributed by atoms with Gasteiger partial charge in [0.05, 0.1) is 11.4 Å². The minimum atomic E-state index is 0.487. The average molecular weight is 348 g/mol. The number of nitrogens with one attached hydrogen (secondary N) is 1. The van der Waals surface area contributed by atoms with Crippen LogP contribution in [-0.4, -0.2) is 11.4 Å². The molecular formula is C25H20N2. The molecule has 4 aromatic carbocycles. The second-order valence-corrected chi connectivity index (χ2v) is 6.49. The lowest BCUT2D eigenvalue weighted by atomic mass is 9.96. The molecule has 4 rings (SSSR count). The highest BCUT2D eigenvalue weighted by Crippen LogP contribution is 2.32. The summed E-state index contributed by atoms with van der Waals surface area (Å²) in [6.45, 7) is 2.02. The van der Waals surface area contributed by atoms with Gasteiger partial charge in [-0.2, -0.15) is 0 Å². The molecule has 0 unspecified atom stereocenters. The number of hydrogen-bond donors (Lipinski definition) is 1. The topological polar surface area (TPSA) is 36.2 Å². The van der Waals surface area contributed by atoms with E-state index in [1.165, 1.54) is 0 Å². The molecule has 0 saturated heterocycles. The third-order valence-electron chi connectivity index (χ3n) is 4.70. The minimum Gasteiger partial charge on any atom is -0.300 e. The number of hydrogen-bond acceptors (Lipinski definition) is 2. The first-order valence-corrected chi connectivity index (χ1v) is 9.01. The zero-order valence-electron chi connectivity index (χ0n) is 15.2. The van der Waals surface area contributed by atoms with Crippen LogP contribution in [0.25, 0.3) is 10.8 Å². The third kappa shape index (κ3) is 3.42. The van der Waals surface area contributed by atoms with Gasteiger partial charge in [0.25, 0.3) is 0 Å². The molecule has 27 heavy (non-hydrogen) atoms. The number of nitrogens with zero attached hydrogens (tertiary/aromatic N) is 1. The quantitative estimate of drug-likeness (QED) is 0.414. The molecule has 1 N–H and O–H groups in total. The molecule has 2 heteroatoms. The lowest BCUT2D eigenvalue weighted by Gasteiger charge is -2.12. The van der Waals surface area contributed by atoms with Crippen LogP contribution in [0.5, 0.6) is 0 Å². The molecule has 0 radical (unpaired) electrons. The van der Waals surface area contributed by atoms with Gasteiger partial charge in [-0.15, -0.1) is 0 Å². The van der Waals surface area contributed by atoms with Crippen molar-refractivity contribution >= 4 is 27.9 Å². The molecule has 0 aliphatic heterocycles. The molecular weight excluding hydrogens is 328 g/mol. The van der Waals surface area contributed by atoms with Crippen LogP contribution in [0.2, 0.25) is 0 Å². The van der Waals surface area contributed by atoms with Crippen LogP contribution in [0.4, 0.5) is 5.69 Å². The van der Waals surface area contributed by atoms with E-state index in [0.717, 1.165) is 38.9 Å². The van der Waals surface area contributed by atoms with Crippen molar-refractivity contribution in [2.45, 2.75) is 6.92 Å². The fourth-order valence-electron chi connectivity index (χ4n) is 3.25. The molecule has 0 aliphatic rings. The lowest BCUT2D eigenvalue weighted by Crippen LogP contribution is -2.03. The molecule has 0 aliphatic carbocycles. The molecule has 0 heterocycles. The SMILES string of the molecule is CC(=Nc1c(C(=N)c2ccccc2)ccc2ccccc12)c1ccccc1. The number of benzene rings is 4. The molecule has 0 atom stereocenters. The summed E-state index contributed by atoms with van der Waals surface area (Å²) >= 11 is 0. The monoisotopic (exact) mass is 348 g/mol. The van der Waals surface area contributed by atoms with Crippen molar-refractivity contribution in [2.24, 2.45) is 4.99 Å². The summed E-state index contributed by atoms with van der Waals surface area (Å²) in [5, 5.41) is 11.0.